The van der Waals surface area contributed by atoms with Crippen LogP contribution in [0.4, 0.5) is 0 Å². The van der Waals surface area contributed by atoms with Crippen LogP contribution >= 0.6 is 23.1 Å². The first-order valence-corrected chi connectivity index (χ1v) is 18.4. The summed E-state index contributed by atoms with van der Waals surface area (Å²) in [6, 6.07) is 0. The number of nitrogens with one attached hydrogen (secondary N) is 2. The van der Waals surface area contributed by atoms with Crippen LogP contribution in [-0.4, -0.2) is 121 Å². The molecular weight excluding hydrogens is 736 g/mol. The molecule has 2 aliphatic heterocycles. The predicted molar refractivity (Wildman–Crippen MR) is 157 cm³/mol. The zero-order valence-corrected chi connectivity index (χ0v) is 27.9. The Bertz CT molecular complexity index is 1780. The Morgan fingerprint density at radius 1 is 0.714 bits per heavy atom. The van der Waals surface area contributed by atoms with Crippen molar-refractivity contribution in [2.45, 2.75) is 49.1 Å². The molecule has 0 aromatic carbocycles. The monoisotopic (exact) mass is 766 g/mol. The summed E-state index contributed by atoms with van der Waals surface area (Å²) < 4.78 is 77.2. The minimum absolute atomic E-state index is 0.350. The van der Waals surface area contributed by atoms with Crippen molar-refractivity contribution in [3.63, 3.8) is 0 Å². The van der Waals surface area contributed by atoms with E-state index in [4.69, 9.17) is 23.5 Å². The molecular formula is C20H30BN4O21P3. The van der Waals surface area contributed by atoms with Crippen LogP contribution in [0.25, 0.3) is 0 Å². The summed E-state index contributed by atoms with van der Waals surface area (Å²) in [6.45, 7) is -2.03. The molecule has 49 heavy (non-hydrogen) atoms. The average Bonchev–Trinajstić information content (AvgIpc) is 3.43. The van der Waals surface area contributed by atoms with Gasteiger partial charge in [-0.2, -0.15) is 4.31 Å². The SMILES string of the molecule is BP(=O)(OC[C@H]1O[C@@H](n2cc(OC)c(=O)[nH]c2=O)[C@@H](O)C1O)OP(=O)(O)OP(=O)(O)OC[C@@H]1O[C@H](n2cc(OC)c(=O)[nH]c2=O)C(O)[C@@H]1O. The lowest BCUT2D eigenvalue weighted by atomic mass is 10.1. The third-order valence-corrected chi connectivity index (χ3v) is 11.6. The summed E-state index contributed by atoms with van der Waals surface area (Å²) in [4.78, 5) is 71.6. The molecule has 5 unspecified atom stereocenters. The molecule has 11 atom stereocenters. The Labute approximate surface area is 272 Å². The highest BCUT2D eigenvalue weighted by molar-refractivity contribution is 7.84. The Balaban J connectivity index is 1.34. The number of hydrogen-bond acceptors (Lipinski definition) is 19. The Kier molecular flexibility index (Phi) is 11.8. The second kappa shape index (κ2) is 14.8. The highest BCUT2D eigenvalue weighted by Gasteiger charge is 2.48. The molecule has 0 radical (unpaired) electrons. The van der Waals surface area contributed by atoms with Gasteiger partial charge in [0.25, 0.3) is 26.2 Å². The van der Waals surface area contributed by atoms with Crippen LogP contribution < -0.4 is 32.0 Å². The molecule has 25 nitrogen and oxygen atoms in total. The summed E-state index contributed by atoms with van der Waals surface area (Å²) in [5.74, 6) is -0.719. The van der Waals surface area contributed by atoms with E-state index in [9.17, 15) is 63.1 Å². The molecule has 4 rings (SSSR count). The highest BCUT2D eigenvalue weighted by atomic mass is 31.3. The van der Waals surface area contributed by atoms with Crippen molar-refractivity contribution in [2.24, 2.45) is 0 Å². The van der Waals surface area contributed by atoms with E-state index < -0.39 is 108 Å². The number of methoxy groups -OCH3 is 2. The maximum atomic E-state index is 12.8. The zero-order chi connectivity index (χ0) is 36.6. The van der Waals surface area contributed by atoms with Gasteiger partial charge in [0.15, 0.2) is 12.5 Å². The van der Waals surface area contributed by atoms with Crippen LogP contribution in [0.3, 0.4) is 0 Å². The van der Waals surface area contributed by atoms with Crippen LogP contribution in [0, 0.1) is 0 Å². The fourth-order valence-corrected chi connectivity index (χ4v) is 8.61. The van der Waals surface area contributed by atoms with Gasteiger partial charge >= 0.3 is 27.0 Å². The van der Waals surface area contributed by atoms with Crippen molar-refractivity contribution in [2.75, 3.05) is 27.4 Å². The van der Waals surface area contributed by atoms with Gasteiger partial charge in [-0.15, -0.1) is 0 Å². The fraction of sp³-hybridized carbons (Fsp3) is 0.600. The number of phosphoric ester groups is 1. The largest absolute Gasteiger partial charge is 0.490 e. The van der Waals surface area contributed by atoms with Crippen LogP contribution in [0.2, 0.25) is 0 Å². The average molecular weight is 766 g/mol. The van der Waals surface area contributed by atoms with E-state index in [0.717, 1.165) is 26.6 Å². The van der Waals surface area contributed by atoms with Gasteiger partial charge in [-0.05, 0) is 0 Å². The summed E-state index contributed by atoms with van der Waals surface area (Å²) in [5, 5.41) is 41.4. The molecule has 0 bridgehead atoms. The number of rotatable bonds is 14. The first-order chi connectivity index (χ1) is 22.7. The summed E-state index contributed by atoms with van der Waals surface area (Å²) in [7, 11) is -13.3. The van der Waals surface area contributed by atoms with Crippen LogP contribution in [0.5, 0.6) is 11.5 Å². The minimum Gasteiger partial charge on any atom is -0.490 e. The quantitative estimate of drug-likeness (QED) is 0.0662. The number of hydrogen-bond donors (Lipinski definition) is 8. The summed E-state index contributed by atoms with van der Waals surface area (Å²) in [6.07, 6.45) is -12.1. The predicted octanol–water partition coefficient (Wildman–Crippen LogP) is -4.65. The van der Waals surface area contributed by atoms with Gasteiger partial charge < -0.3 is 53.7 Å². The molecule has 0 aliphatic carbocycles. The molecule has 2 aromatic rings. The maximum Gasteiger partial charge on any atom is 0.487 e. The standard InChI is InChI=1S/C20H30BN4O21P3/c1-39-7-3-24(19(32)22-15(7)30)17-13(28)11(26)9(43-17)5-41-47(21,34)45-49(37,38)46-48(35,36)42-6-10-12(27)14(29)18(44-10)25-4-8(40-2)16(31)23-20(25)33/h3-4,9-14,17-18,26-29H,5-6,21H2,1-2H3,(H,35,36)(H,37,38)(H,22,30,32)(H,23,31,33)/t9-,10+,11?,12-,13+,14?,17-,18+,47?/m1/s1. The minimum atomic E-state index is -5.79. The molecule has 4 heterocycles. The van der Waals surface area contributed by atoms with Crippen molar-refractivity contribution in [3.05, 3.63) is 54.1 Å². The van der Waals surface area contributed by atoms with Gasteiger partial charge in [0, 0.05) is 0 Å². The van der Waals surface area contributed by atoms with E-state index >= 15 is 0 Å². The van der Waals surface area contributed by atoms with Gasteiger partial charge in [0.1, 0.15) is 36.6 Å². The van der Waals surface area contributed by atoms with Gasteiger partial charge in [-0.25, -0.2) is 23.0 Å². The van der Waals surface area contributed by atoms with Crippen LogP contribution in [-0.2, 0) is 40.8 Å². The Hall–Kier alpha value is -2.77. The molecule has 2 saturated heterocycles. The molecule has 8 N–H and O–H groups in total. The van der Waals surface area contributed by atoms with Crippen LogP contribution in [0.1, 0.15) is 12.5 Å². The smallest absolute Gasteiger partial charge is 0.487 e. The summed E-state index contributed by atoms with van der Waals surface area (Å²) in [5.41, 5.74) is -3.95. The molecule has 0 amide bonds. The third-order valence-electron chi connectivity index (χ3n) is 6.87. The second-order valence-electron chi connectivity index (χ2n) is 10.3. The number of nitrogens with zero attached hydrogens (tertiary/aromatic N) is 2. The molecule has 29 heteroatoms. The lowest BCUT2D eigenvalue weighted by molar-refractivity contribution is -0.0545. The van der Waals surface area contributed by atoms with Gasteiger partial charge in [0.05, 0.1) is 39.8 Å². The number of H-pyrrole nitrogens is 2. The number of phosphoric acid groups is 2. The maximum absolute atomic E-state index is 12.8. The Morgan fingerprint density at radius 3 is 1.53 bits per heavy atom. The summed E-state index contributed by atoms with van der Waals surface area (Å²) >= 11 is 0. The van der Waals surface area contributed by atoms with E-state index in [1.54, 1.807) is 0 Å². The lowest BCUT2D eigenvalue weighted by Crippen LogP contribution is -2.38. The van der Waals surface area contributed by atoms with Gasteiger partial charge in [-0.1, -0.05) is 0 Å². The van der Waals surface area contributed by atoms with Crippen molar-refractivity contribution in [3.8, 4) is 11.5 Å². The zero-order valence-electron chi connectivity index (χ0n) is 25.2. The number of aliphatic hydroxyl groups excluding tert-OH is 4. The van der Waals surface area contributed by atoms with Crippen molar-refractivity contribution in [1.29, 1.82) is 0 Å². The van der Waals surface area contributed by atoms with E-state index in [-0.39, 0.29) is 11.5 Å². The second-order valence-corrected chi connectivity index (χ2v) is 15.5. The molecule has 2 aromatic heterocycles. The molecule has 274 valence electrons. The third kappa shape index (κ3) is 8.94. The molecule has 2 fully saturated rings. The van der Waals surface area contributed by atoms with E-state index in [2.05, 4.69) is 13.1 Å². The van der Waals surface area contributed by atoms with Crippen LogP contribution in [0.15, 0.2) is 31.6 Å². The van der Waals surface area contributed by atoms with Crippen molar-refractivity contribution < 1.29 is 80.5 Å². The molecule has 0 spiro atoms. The van der Waals surface area contributed by atoms with E-state index in [1.807, 2.05) is 9.97 Å². The molecule has 2 aliphatic rings. The molecule has 0 saturated carbocycles. The van der Waals surface area contributed by atoms with Gasteiger partial charge in [0.2, 0.25) is 11.5 Å². The van der Waals surface area contributed by atoms with E-state index in [1.165, 1.54) is 0 Å². The number of aromatic nitrogens is 4. The normalized spacial score (nSPS) is 30.7. The topological polar surface area (TPSA) is 356 Å². The number of ether oxygens (including phenoxy) is 4. The van der Waals surface area contributed by atoms with E-state index in [0.29, 0.717) is 16.7 Å². The van der Waals surface area contributed by atoms with Crippen molar-refractivity contribution >= 4 is 30.7 Å². The Morgan fingerprint density at radius 2 is 1.12 bits per heavy atom. The fourth-order valence-electron chi connectivity index (χ4n) is 4.55. The highest BCUT2D eigenvalue weighted by Crippen LogP contribution is 2.67. The number of aliphatic hydroxyl groups is 4. The first kappa shape index (κ1) is 39.0. The van der Waals surface area contributed by atoms with Gasteiger partial charge in [-0.3, -0.25) is 37.8 Å². The first-order valence-electron chi connectivity index (χ1n) is 13.5. The lowest BCUT2D eigenvalue weighted by Gasteiger charge is -2.22. The van der Waals surface area contributed by atoms with Crippen molar-refractivity contribution in [1.82, 2.24) is 19.1 Å². The number of aromatic amines is 2.